The average Bonchev–Trinajstić information content (AvgIpc) is 2.83. The highest BCUT2D eigenvalue weighted by Crippen LogP contribution is 2.28. The van der Waals surface area contributed by atoms with Crippen LogP contribution in [0.25, 0.3) is 10.9 Å². The van der Waals surface area contributed by atoms with Crippen molar-refractivity contribution in [2.24, 2.45) is 5.92 Å². The molecule has 5 nitrogen and oxygen atoms in total. The molecule has 3 rings (SSSR count). The summed E-state index contributed by atoms with van der Waals surface area (Å²) in [5, 5.41) is 11.7. The molecule has 2 aromatic rings. The van der Waals surface area contributed by atoms with Gasteiger partial charge in [-0.1, -0.05) is 6.07 Å². The summed E-state index contributed by atoms with van der Waals surface area (Å²) in [7, 11) is 0. The average molecular weight is 260 g/mol. The molecule has 100 valence electrons. The predicted octanol–water partition coefficient (Wildman–Crippen LogP) is 2.98. The number of ether oxygens (including phenoxy) is 1. The minimum absolute atomic E-state index is 0.184. The van der Waals surface area contributed by atoms with Gasteiger partial charge in [0.15, 0.2) is 0 Å². The number of nitro benzene ring substituents is 1. The molecule has 0 unspecified atom stereocenters. The van der Waals surface area contributed by atoms with Crippen molar-refractivity contribution in [1.29, 1.82) is 0 Å². The number of non-ortho nitro benzene ring substituents is 1. The van der Waals surface area contributed by atoms with Gasteiger partial charge in [-0.15, -0.1) is 0 Å². The van der Waals surface area contributed by atoms with Gasteiger partial charge in [0.1, 0.15) is 0 Å². The molecule has 0 atom stereocenters. The smallest absolute Gasteiger partial charge is 0.278 e. The van der Waals surface area contributed by atoms with Crippen LogP contribution in [0.1, 0.15) is 12.8 Å². The summed E-state index contributed by atoms with van der Waals surface area (Å²) in [5.74, 6) is 0.601. The van der Waals surface area contributed by atoms with Gasteiger partial charge in [-0.3, -0.25) is 10.1 Å². The molecule has 0 amide bonds. The highest BCUT2D eigenvalue weighted by Gasteiger charge is 2.17. The summed E-state index contributed by atoms with van der Waals surface area (Å²) in [6.07, 6.45) is 4.08. The minimum atomic E-state index is -0.318. The number of hydrogen-bond donors (Lipinski definition) is 0. The lowest BCUT2D eigenvalue weighted by atomic mass is 10.0. The summed E-state index contributed by atoms with van der Waals surface area (Å²) in [5.41, 5.74) is 1.13. The normalized spacial score (nSPS) is 16.8. The van der Waals surface area contributed by atoms with Crippen molar-refractivity contribution in [2.75, 3.05) is 13.2 Å². The summed E-state index contributed by atoms with van der Waals surface area (Å²) >= 11 is 0. The highest BCUT2D eigenvalue weighted by molar-refractivity contribution is 5.89. The van der Waals surface area contributed by atoms with Crippen LogP contribution >= 0.6 is 0 Å². The molecule has 1 fully saturated rings. The van der Waals surface area contributed by atoms with Crippen LogP contribution in [0.4, 0.5) is 5.69 Å². The van der Waals surface area contributed by atoms with E-state index in [9.17, 15) is 10.1 Å². The second-order valence-corrected chi connectivity index (χ2v) is 4.99. The lowest BCUT2D eigenvalue weighted by Crippen LogP contribution is -2.20. The first kappa shape index (κ1) is 12.2. The molecule has 1 saturated heterocycles. The van der Waals surface area contributed by atoms with Crippen LogP contribution < -0.4 is 0 Å². The Kier molecular flexibility index (Phi) is 3.21. The third-order valence-corrected chi connectivity index (χ3v) is 3.78. The molecule has 1 aliphatic heterocycles. The molecule has 2 heterocycles. The zero-order valence-corrected chi connectivity index (χ0v) is 10.6. The number of benzene rings is 1. The fourth-order valence-corrected chi connectivity index (χ4v) is 2.73. The van der Waals surface area contributed by atoms with Gasteiger partial charge in [-0.2, -0.15) is 0 Å². The van der Waals surface area contributed by atoms with Crippen LogP contribution in [0.2, 0.25) is 0 Å². The number of fused-ring (bicyclic) bond motifs is 1. The highest BCUT2D eigenvalue weighted by atomic mass is 16.6. The van der Waals surface area contributed by atoms with E-state index in [1.165, 1.54) is 0 Å². The maximum Gasteiger partial charge on any atom is 0.278 e. The Labute approximate surface area is 110 Å². The fourth-order valence-electron chi connectivity index (χ4n) is 2.73. The zero-order chi connectivity index (χ0) is 13.2. The van der Waals surface area contributed by atoms with E-state index in [0.717, 1.165) is 43.5 Å². The minimum Gasteiger partial charge on any atom is -0.381 e. The number of aromatic nitrogens is 1. The van der Waals surface area contributed by atoms with E-state index in [0.29, 0.717) is 5.92 Å². The van der Waals surface area contributed by atoms with Crippen LogP contribution in [0.15, 0.2) is 30.5 Å². The van der Waals surface area contributed by atoms with E-state index in [-0.39, 0.29) is 10.6 Å². The molecular formula is C14H16N2O3. The molecule has 19 heavy (non-hydrogen) atoms. The molecular weight excluding hydrogens is 244 g/mol. The topological polar surface area (TPSA) is 57.3 Å². The predicted molar refractivity (Wildman–Crippen MR) is 72.1 cm³/mol. The Morgan fingerprint density at radius 3 is 2.84 bits per heavy atom. The Hall–Kier alpha value is -1.88. The van der Waals surface area contributed by atoms with Gasteiger partial charge in [-0.05, 0) is 30.9 Å². The maximum atomic E-state index is 11.0. The van der Waals surface area contributed by atoms with Crippen LogP contribution in [0, 0.1) is 16.0 Å². The Balaban J connectivity index is 1.92. The largest absolute Gasteiger partial charge is 0.381 e. The Morgan fingerprint density at radius 1 is 1.32 bits per heavy atom. The molecule has 0 N–H and O–H groups in total. The number of rotatable bonds is 3. The van der Waals surface area contributed by atoms with Crippen LogP contribution in [-0.4, -0.2) is 22.7 Å². The molecule has 1 aromatic heterocycles. The summed E-state index contributed by atoms with van der Waals surface area (Å²) in [6, 6.07) is 7.09. The summed E-state index contributed by atoms with van der Waals surface area (Å²) in [6.45, 7) is 2.56. The van der Waals surface area contributed by atoms with Crippen molar-refractivity contribution in [3.8, 4) is 0 Å². The third-order valence-electron chi connectivity index (χ3n) is 3.78. The van der Waals surface area contributed by atoms with Gasteiger partial charge in [0.25, 0.3) is 5.69 Å². The standard InChI is InChI=1S/C14H16N2O3/c17-16(18)14-3-1-2-13-12(14)4-7-15(13)10-11-5-8-19-9-6-11/h1-4,7,11H,5-6,8-10H2. The van der Waals surface area contributed by atoms with Gasteiger partial charge in [0, 0.05) is 32.0 Å². The van der Waals surface area contributed by atoms with Crippen LogP contribution in [0.3, 0.4) is 0 Å². The van der Waals surface area contributed by atoms with E-state index < -0.39 is 0 Å². The number of hydrogen-bond acceptors (Lipinski definition) is 3. The first-order valence-corrected chi connectivity index (χ1v) is 6.55. The molecule has 0 aliphatic carbocycles. The van der Waals surface area contributed by atoms with E-state index >= 15 is 0 Å². The first-order chi connectivity index (χ1) is 9.25. The van der Waals surface area contributed by atoms with Crippen molar-refractivity contribution in [3.63, 3.8) is 0 Å². The second kappa shape index (κ2) is 5.01. The monoisotopic (exact) mass is 260 g/mol. The molecule has 5 heteroatoms. The quantitative estimate of drug-likeness (QED) is 0.629. The summed E-state index contributed by atoms with van der Waals surface area (Å²) < 4.78 is 7.48. The Bertz CT molecular complexity index is 600. The second-order valence-electron chi connectivity index (χ2n) is 4.99. The third kappa shape index (κ3) is 2.33. The van der Waals surface area contributed by atoms with E-state index in [1.807, 2.05) is 18.3 Å². The molecule has 0 bridgehead atoms. The lowest BCUT2D eigenvalue weighted by molar-refractivity contribution is -0.383. The number of nitro groups is 1. The zero-order valence-electron chi connectivity index (χ0n) is 10.6. The van der Waals surface area contributed by atoms with Crippen molar-refractivity contribution in [2.45, 2.75) is 19.4 Å². The van der Waals surface area contributed by atoms with Crippen molar-refractivity contribution >= 4 is 16.6 Å². The molecule has 1 aromatic carbocycles. The van der Waals surface area contributed by atoms with Crippen molar-refractivity contribution in [1.82, 2.24) is 4.57 Å². The van der Waals surface area contributed by atoms with Crippen LogP contribution in [0.5, 0.6) is 0 Å². The first-order valence-electron chi connectivity index (χ1n) is 6.55. The molecule has 0 radical (unpaired) electrons. The van der Waals surface area contributed by atoms with Gasteiger partial charge in [0.05, 0.1) is 15.8 Å². The molecule has 1 aliphatic rings. The molecule has 0 saturated carbocycles. The SMILES string of the molecule is O=[N+]([O-])c1cccc2c1ccn2CC1CCOCC1. The van der Waals surface area contributed by atoms with Gasteiger partial charge < -0.3 is 9.30 Å². The lowest BCUT2D eigenvalue weighted by Gasteiger charge is -2.22. The van der Waals surface area contributed by atoms with Crippen LogP contribution in [-0.2, 0) is 11.3 Å². The summed E-state index contributed by atoms with van der Waals surface area (Å²) in [4.78, 5) is 10.7. The van der Waals surface area contributed by atoms with E-state index in [2.05, 4.69) is 4.57 Å². The molecule has 0 spiro atoms. The maximum absolute atomic E-state index is 11.0. The van der Waals surface area contributed by atoms with Gasteiger partial charge in [0.2, 0.25) is 0 Å². The van der Waals surface area contributed by atoms with Crippen molar-refractivity contribution in [3.05, 3.63) is 40.6 Å². The van der Waals surface area contributed by atoms with Gasteiger partial charge in [-0.25, -0.2) is 0 Å². The van der Waals surface area contributed by atoms with E-state index in [1.54, 1.807) is 12.1 Å². The van der Waals surface area contributed by atoms with Gasteiger partial charge >= 0.3 is 0 Å². The number of nitrogens with zero attached hydrogens (tertiary/aromatic N) is 2. The van der Waals surface area contributed by atoms with Crippen molar-refractivity contribution < 1.29 is 9.66 Å². The van der Waals surface area contributed by atoms with E-state index in [4.69, 9.17) is 4.74 Å². The Morgan fingerprint density at radius 2 is 2.11 bits per heavy atom. The fraction of sp³-hybridized carbons (Fsp3) is 0.429.